The lowest BCUT2D eigenvalue weighted by Crippen LogP contribution is -2.55. The largest absolute Gasteiger partial charge is 0.488 e. The number of carboxylic acids is 1. The molecule has 1 aromatic heterocycles. The third kappa shape index (κ3) is 6.09. The van der Waals surface area contributed by atoms with Crippen molar-refractivity contribution in [3.8, 4) is 17.1 Å². The second kappa shape index (κ2) is 12.2. The van der Waals surface area contributed by atoms with Crippen LogP contribution in [-0.4, -0.2) is 58.7 Å². The number of carbonyl (C=O) groups is 1. The van der Waals surface area contributed by atoms with Gasteiger partial charge in [-0.2, -0.15) is 0 Å². The maximum atomic E-state index is 12.1. The maximum absolute atomic E-state index is 12.1. The van der Waals surface area contributed by atoms with E-state index >= 15 is 0 Å². The monoisotopic (exact) mass is 530 g/mol. The van der Waals surface area contributed by atoms with Gasteiger partial charge in [-0.05, 0) is 68.0 Å². The van der Waals surface area contributed by atoms with Gasteiger partial charge in [-0.1, -0.05) is 58.0 Å². The summed E-state index contributed by atoms with van der Waals surface area (Å²) in [5, 5.41) is 9.89. The summed E-state index contributed by atoms with van der Waals surface area (Å²) in [7, 11) is 1.87. The fourth-order valence-electron chi connectivity index (χ4n) is 5.27. The summed E-state index contributed by atoms with van der Waals surface area (Å²) in [6.07, 6.45) is 1.76. The molecular weight excluding hydrogens is 488 g/mol. The first-order chi connectivity index (χ1) is 18.6. The number of aromatic nitrogens is 2. The van der Waals surface area contributed by atoms with Crippen LogP contribution in [0.15, 0.2) is 36.4 Å². The molecule has 0 spiro atoms. The van der Waals surface area contributed by atoms with E-state index in [0.29, 0.717) is 38.0 Å². The molecule has 0 amide bonds. The van der Waals surface area contributed by atoms with Gasteiger partial charge in [0.05, 0.1) is 11.3 Å². The number of carboxylic acid groups (broad SMARTS) is 1. The van der Waals surface area contributed by atoms with Crippen LogP contribution in [0, 0.1) is 13.8 Å². The summed E-state index contributed by atoms with van der Waals surface area (Å²) in [5.74, 6) is 1.89. The molecule has 0 radical (unpaired) electrons. The van der Waals surface area contributed by atoms with Crippen LogP contribution >= 0.6 is 0 Å². The van der Waals surface area contributed by atoms with Crippen molar-refractivity contribution in [1.29, 1.82) is 0 Å². The topological polar surface area (TPSA) is 78.8 Å². The van der Waals surface area contributed by atoms with Crippen molar-refractivity contribution < 1.29 is 14.6 Å². The van der Waals surface area contributed by atoms with Gasteiger partial charge in [-0.3, -0.25) is 9.69 Å². The standard InChI is InChI=1S/C32H42N4O3/c1-8-23-11-10-12-24(9-2)29(23)30-33-22(6)26(19-39-28-17-25(20(3)4)14-13-21(28)5)31(34-30)36-16-15-35(7)27(18-36)32(37)38/h10-14,17,20,27H,8-9,15-16,18-19H2,1-7H3,(H,37,38). The van der Waals surface area contributed by atoms with E-state index in [4.69, 9.17) is 14.7 Å². The van der Waals surface area contributed by atoms with E-state index in [1.54, 1.807) is 0 Å². The van der Waals surface area contributed by atoms with E-state index in [1.807, 2.05) is 18.9 Å². The number of rotatable bonds is 9. The molecule has 0 aliphatic carbocycles. The van der Waals surface area contributed by atoms with Crippen LogP contribution in [0.2, 0.25) is 0 Å². The van der Waals surface area contributed by atoms with Crippen LogP contribution in [-0.2, 0) is 24.2 Å². The van der Waals surface area contributed by atoms with Crippen LogP contribution in [0.1, 0.15) is 67.1 Å². The molecule has 3 aromatic rings. The van der Waals surface area contributed by atoms with Crippen LogP contribution < -0.4 is 9.64 Å². The van der Waals surface area contributed by atoms with E-state index in [1.165, 1.54) is 16.7 Å². The zero-order valence-electron chi connectivity index (χ0n) is 24.4. The number of piperazine rings is 1. The first-order valence-electron chi connectivity index (χ1n) is 14.0. The Morgan fingerprint density at radius 3 is 2.38 bits per heavy atom. The normalized spacial score (nSPS) is 16.1. The van der Waals surface area contributed by atoms with Crippen LogP contribution in [0.25, 0.3) is 11.4 Å². The van der Waals surface area contributed by atoms with Gasteiger partial charge in [-0.15, -0.1) is 0 Å². The number of ether oxygens (including phenoxy) is 1. The number of nitrogens with zero attached hydrogens (tertiary/aromatic N) is 4. The Bertz CT molecular complexity index is 1310. The Kier molecular flexibility index (Phi) is 8.90. The molecule has 208 valence electrons. The quantitative estimate of drug-likeness (QED) is 0.375. The minimum atomic E-state index is -0.822. The fourth-order valence-corrected chi connectivity index (χ4v) is 5.27. The van der Waals surface area contributed by atoms with E-state index in [0.717, 1.165) is 46.8 Å². The summed E-state index contributed by atoms with van der Waals surface area (Å²) >= 11 is 0. The zero-order chi connectivity index (χ0) is 28.3. The maximum Gasteiger partial charge on any atom is 0.322 e. The van der Waals surface area contributed by atoms with Gasteiger partial charge in [0.2, 0.25) is 0 Å². The van der Waals surface area contributed by atoms with Crippen molar-refractivity contribution >= 4 is 11.8 Å². The number of benzene rings is 2. The van der Waals surface area contributed by atoms with Crippen LogP contribution in [0.5, 0.6) is 5.75 Å². The molecule has 1 fully saturated rings. The molecule has 1 saturated heterocycles. The average molecular weight is 531 g/mol. The molecule has 1 aliphatic heterocycles. The molecule has 0 saturated carbocycles. The van der Waals surface area contributed by atoms with Gasteiger partial charge < -0.3 is 14.7 Å². The van der Waals surface area contributed by atoms with Crippen molar-refractivity contribution in [3.63, 3.8) is 0 Å². The Labute approximate surface area is 232 Å². The first-order valence-corrected chi connectivity index (χ1v) is 14.0. The van der Waals surface area contributed by atoms with Crippen molar-refractivity contribution in [2.45, 2.75) is 73.0 Å². The Balaban J connectivity index is 1.81. The lowest BCUT2D eigenvalue weighted by molar-refractivity contribution is -0.142. The number of aryl methyl sites for hydroxylation is 4. The summed E-state index contributed by atoms with van der Waals surface area (Å²) in [6.45, 7) is 14.7. The number of anilines is 1. The van der Waals surface area contributed by atoms with Gasteiger partial charge in [0.25, 0.3) is 0 Å². The third-order valence-electron chi connectivity index (χ3n) is 7.90. The summed E-state index contributed by atoms with van der Waals surface area (Å²) in [6, 6.07) is 12.1. The Morgan fingerprint density at radius 1 is 1.08 bits per heavy atom. The zero-order valence-corrected chi connectivity index (χ0v) is 24.4. The summed E-state index contributed by atoms with van der Waals surface area (Å²) in [5.41, 5.74) is 7.57. The summed E-state index contributed by atoms with van der Waals surface area (Å²) < 4.78 is 6.42. The Hall–Kier alpha value is -3.45. The molecule has 0 bridgehead atoms. The SMILES string of the molecule is CCc1cccc(CC)c1-c1nc(C)c(COc2cc(C(C)C)ccc2C)c(N2CCN(C)C(C(=O)O)C2)n1. The lowest BCUT2D eigenvalue weighted by atomic mass is 9.96. The molecular formula is C32H42N4O3. The molecule has 7 nitrogen and oxygen atoms in total. The predicted molar refractivity (Wildman–Crippen MR) is 157 cm³/mol. The van der Waals surface area contributed by atoms with Gasteiger partial charge in [-0.25, -0.2) is 9.97 Å². The molecule has 4 rings (SSSR count). The molecule has 1 aliphatic rings. The highest BCUT2D eigenvalue weighted by Gasteiger charge is 2.32. The molecule has 1 N–H and O–H groups in total. The van der Waals surface area contributed by atoms with E-state index in [2.05, 4.69) is 75.9 Å². The summed E-state index contributed by atoms with van der Waals surface area (Å²) in [4.78, 5) is 26.2. The van der Waals surface area contributed by atoms with Gasteiger partial charge in [0.15, 0.2) is 5.82 Å². The predicted octanol–water partition coefficient (Wildman–Crippen LogP) is 5.79. The van der Waals surface area contributed by atoms with E-state index in [-0.39, 0.29) is 0 Å². The minimum Gasteiger partial charge on any atom is -0.488 e. The van der Waals surface area contributed by atoms with Crippen molar-refractivity contribution in [2.24, 2.45) is 0 Å². The van der Waals surface area contributed by atoms with Crippen molar-refractivity contribution in [1.82, 2.24) is 14.9 Å². The molecule has 2 heterocycles. The van der Waals surface area contributed by atoms with Crippen molar-refractivity contribution in [3.05, 3.63) is 69.9 Å². The molecule has 1 unspecified atom stereocenters. The second-order valence-electron chi connectivity index (χ2n) is 10.8. The van der Waals surface area contributed by atoms with Gasteiger partial charge in [0.1, 0.15) is 24.2 Å². The molecule has 2 aromatic carbocycles. The highest BCUT2D eigenvalue weighted by Crippen LogP contribution is 2.33. The van der Waals surface area contributed by atoms with E-state index < -0.39 is 12.0 Å². The molecule has 7 heteroatoms. The van der Waals surface area contributed by atoms with Crippen molar-refractivity contribution in [2.75, 3.05) is 31.6 Å². The smallest absolute Gasteiger partial charge is 0.322 e. The second-order valence-corrected chi connectivity index (χ2v) is 10.8. The van der Waals surface area contributed by atoms with Crippen LogP contribution in [0.4, 0.5) is 5.82 Å². The highest BCUT2D eigenvalue weighted by atomic mass is 16.5. The molecule has 1 atom stereocenters. The Morgan fingerprint density at radius 2 is 1.77 bits per heavy atom. The molecule has 39 heavy (non-hydrogen) atoms. The number of hydrogen-bond acceptors (Lipinski definition) is 6. The first kappa shape index (κ1) is 28.6. The van der Waals surface area contributed by atoms with Crippen LogP contribution in [0.3, 0.4) is 0 Å². The average Bonchev–Trinajstić information content (AvgIpc) is 2.92. The number of aliphatic carboxylic acids is 1. The number of likely N-dealkylation sites (N-methyl/N-ethyl adjacent to an activating group) is 1. The van der Waals surface area contributed by atoms with Gasteiger partial charge in [0, 0.05) is 25.2 Å². The lowest BCUT2D eigenvalue weighted by Gasteiger charge is -2.38. The minimum absolute atomic E-state index is 0.309. The highest BCUT2D eigenvalue weighted by molar-refractivity contribution is 5.75. The van der Waals surface area contributed by atoms with E-state index in [9.17, 15) is 9.90 Å². The van der Waals surface area contributed by atoms with Gasteiger partial charge >= 0.3 is 5.97 Å². The fraction of sp³-hybridized carbons (Fsp3) is 0.469. The third-order valence-corrected chi connectivity index (χ3v) is 7.90. The number of hydrogen-bond donors (Lipinski definition) is 1.